The molecule has 0 atom stereocenters. The highest BCUT2D eigenvalue weighted by Crippen LogP contribution is 2.40. The number of ether oxygens (including phenoxy) is 2. The fraction of sp³-hybridized carbons (Fsp3) is 0.143. The average Bonchev–Trinajstić information content (AvgIpc) is 2.44. The van der Waals surface area contributed by atoms with Crippen LogP contribution in [0.5, 0.6) is 11.5 Å². The summed E-state index contributed by atoms with van der Waals surface area (Å²) in [5.74, 6) is -13.4. The van der Waals surface area contributed by atoms with Gasteiger partial charge in [-0.05, 0) is 0 Å². The second-order valence-corrected chi connectivity index (χ2v) is 4.57. The first-order chi connectivity index (χ1) is 11.9. The number of rotatable bonds is 6. The summed E-state index contributed by atoms with van der Waals surface area (Å²) in [6.45, 7) is 1.50. The molecule has 0 radical (unpaired) electrons. The molecule has 0 unspecified atom stereocenters. The Morgan fingerprint density at radius 1 is 0.538 bits per heavy atom. The standard InChI is InChI=1S/C14H10O12/c1-3(15)25-9-5(11(17)18)7(13(21)22)10(26-4(2)16)8(14(23)24)6(9)12(19)20/h1-2H3,(H,17,18)(H,19,20)(H,21,22)(H,23,24). The quantitative estimate of drug-likeness (QED) is 0.395. The van der Waals surface area contributed by atoms with E-state index in [1.165, 1.54) is 0 Å². The van der Waals surface area contributed by atoms with E-state index in [1.54, 1.807) is 0 Å². The van der Waals surface area contributed by atoms with Gasteiger partial charge in [-0.3, -0.25) is 9.59 Å². The van der Waals surface area contributed by atoms with Crippen LogP contribution in [0, 0.1) is 0 Å². The first-order valence-electron chi connectivity index (χ1n) is 6.44. The van der Waals surface area contributed by atoms with Gasteiger partial charge in [-0.15, -0.1) is 0 Å². The number of aromatic carboxylic acids is 4. The van der Waals surface area contributed by atoms with E-state index in [9.17, 15) is 49.2 Å². The molecule has 12 nitrogen and oxygen atoms in total. The molecule has 0 bridgehead atoms. The summed E-state index contributed by atoms with van der Waals surface area (Å²) in [7, 11) is 0. The van der Waals surface area contributed by atoms with Gasteiger partial charge in [0.1, 0.15) is 22.3 Å². The fourth-order valence-corrected chi connectivity index (χ4v) is 2.01. The van der Waals surface area contributed by atoms with Gasteiger partial charge in [-0.25, -0.2) is 19.2 Å². The smallest absolute Gasteiger partial charge is 0.340 e. The summed E-state index contributed by atoms with van der Waals surface area (Å²) in [5.41, 5.74) is -5.48. The Kier molecular flexibility index (Phi) is 5.63. The Morgan fingerprint density at radius 3 is 0.846 bits per heavy atom. The topological polar surface area (TPSA) is 202 Å². The number of hydrogen-bond acceptors (Lipinski definition) is 8. The molecule has 0 amide bonds. The van der Waals surface area contributed by atoms with Crippen molar-refractivity contribution in [1.82, 2.24) is 0 Å². The maximum Gasteiger partial charge on any atom is 0.340 e. The summed E-state index contributed by atoms with van der Waals surface area (Å²) in [6.07, 6.45) is 0. The molecule has 0 aliphatic rings. The molecule has 1 aromatic carbocycles. The zero-order valence-electron chi connectivity index (χ0n) is 13.1. The van der Waals surface area contributed by atoms with Crippen LogP contribution in [0.2, 0.25) is 0 Å². The monoisotopic (exact) mass is 370 g/mol. The Labute approximate surface area is 143 Å². The van der Waals surface area contributed by atoms with Crippen LogP contribution in [0.3, 0.4) is 0 Å². The van der Waals surface area contributed by atoms with Gasteiger partial charge >= 0.3 is 35.8 Å². The summed E-state index contributed by atoms with van der Waals surface area (Å²) >= 11 is 0. The molecule has 26 heavy (non-hydrogen) atoms. The molecule has 0 aliphatic carbocycles. The molecule has 0 aromatic heterocycles. The molecule has 0 fully saturated rings. The highest BCUT2D eigenvalue weighted by Gasteiger charge is 2.39. The van der Waals surface area contributed by atoms with Crippen LogP contribution in [0.15, 0.2) is 0 Å². The lowest BCUT2D eigenvalue weighted by Crippen LogP contribution is -2.23. The Hall–Kier alpha value is -3.96. The highest BCUT2D eigenvalue weighted by atomic mass is 16.5. The van der Waals surface area contributed by atoms with Crippen LogP contribution < -0.4 is 9.47 Å². The average molecular weight is 370 g/mol. The largest absolute Gasteiger partial charge is 0.478 e. The van der Waals surface area contributed by atoms with Crippen molar-refractivity contribution in [2.75, 3.05) is 0 Å². The predicted molar refractivity (Wildman–Crippen MR) is 76.9 cm³/mol. The second kappa shape index (κ2) is 7.29. The molecule has 1 aromatic rings. The molecule has 0 heterocycles. The van der Waals surface area contributed by atoms with Crippen molar-refractivity contribution in [3.8, 4) is 11.5 Å². The van der Waals surface area contributed by atoms with Crippen LogP contribution in [-0.2, 0) is 9.59 Å². The number of carbonyl (C=O) groups is 6. The van der Waals surface area contributed by atoms with Crippen molar-refractivity contribution in [3.63, 3.8) is 0 Å². The van der Waals surface area contributed by atoms with Gasteiger partial charge in [0.2, 0.25) is 0 Å². The van der Waals surface area contributed by atoms with E-state index < -0.39 is 69.6 Å². The van der Waals surface area contributed by atoms with Crippen LogP contribution in [0.1, 0.15) is 55.3 Å². The van der Waals surface area contributed by atoms with Gasteiger partial charge in [0.25, 0.3) is 0 Å². The fourth-order valence-electron chi connectivity index (χ4n) is 2.01. The summed E-state index contributed by atoms with van der Waals surface area (Å²) in [4.78, 5) is 68.3. The van der Waals surface area contributed by atoms with E-state index >= 15 is 0 Å². The third-order valence-electron chi connectivity index (χ3n) is 2.76. The third-order valence-corrected chi connectivity index (χ3v) is 2.76. The Balaban J connectivity index is 4.33. The van der Waals surface area contributed by atoms with Gasteiger partial charge in [-0.2, -0.15) is 0 Å². The van der Waals surface area contributed by atoms with Crippen LogP contribution in [-0.4, -0.2) is 56.2 Å². The second-order valence-electron chi connectivity index (χ2n) is 4.57. The van der Waals surface area contributed by atoms with Crippen molar-refractivity contribution in [3.05, 3.63) is 22.3 Å². The molecule has 0 saturated carbocycles. The maximum atomic E-state index is 11.5. The van der Waals surface area contributed by atoms with Crippen LogP contribution in [0.4, 0.5) is 0 Å². The zero-order chi connectivity index (χ0) is 20.3. The molecule has 0 spiro atoms. The van der Waals surface area contributed by atoms with Crippen molar-refractivity contribution in [2.24, 2.45) is 0 Å². The normalized spacial score (nSPS) is 9.92. The molecule has 0 saturated heterocycles. The van der Waals surface area contributed by atoms with Crippen LogP contribution in [0.25, 0.3) is 0 Å². The first kappa shape index (κ1) is 20.1. The van der Waals surface area contributed by atoms with Gasteiger partial charge in [0, 0.05) is 13.8 Å². The van der Waals surface area contributed by atoms with E-state index in [0.29, 0.717) is 0 Å². The molecule has 1 rings (SSSR count). The zero-order valence-corrected chi connectivity index (χ0v) is 13.1. The highest BCUT2D eigenvalue weighted by molar-refractivity contribution is 6.16. The summed E-state index contributed by atoms with van der Waals surface area (Å²) < 4.78 is 8.95. The number of esters is 2. The van der Waals surface area contributed by atoms with Crippen molar-refractivity contribution >= 4 is 35.8 Å². The van der Waals surface area contributed by atoms with E-state index in [4.69, 9.17) is 0 Å². The summed E-state index contributed by atoms with van der Waals surface area (Å²) in [5, 5.41) is 37.1. The van der Waals surface area contributed by atoms with Crippen molar-refractivity contribution < 1.29 is 58.7 Å². The lowest BCUT2D eigenvalue weighted by atomic mass is 9.94. The third kappa shape index (κ3) is 3.75. The SMILES string of the molecule is CC(=O)Oc1c(C(=O)O)c(C(=O)O)c(OC(C)=O)c(C(=O)O)c1C(=O)O. The number of carboxylic acid groups (broad SMARTS) is 4. The molecule has 138 valence electrons. The molecule has 4 N–H and O–H groups in total. The first-order valence-corrected chi connectivity index (χ1v) is 6.44. The molecule has 0 aliphatic heterocycles. The minimum atomic E-state index is -2.06. The molecule has 12 heteroatoms. The van der Waals surface area contributed by atoms with E-state index in [0.717, 1.165) is 13.8 Å². The number of hydrogen-bond donors (Lipinski definition) is 4. The number of carboxylic acids is 4. The molecular formula is C14H10O12. The van der Waals surface area contributed by atoms with E-state index in [2.05, 4.69) is 9.47 Å². The van der Waals surface area contributed by atoms with E-state index in [1.807, 2.05) is 0 Å². The van der Waals surface area contributed by atoms with Crippen molar-refractivity contribution in [2.45, 2.75) is 13.8 Å². The minimum Gasteiger partial charge on any atom is -0.478 e. The van der Waals surface area contributed by atoms with Crippen molar-refractivity contribution in [1.29, 1.82) is 0 Å². The van der Waals surface area contributed by atoms with Gasteiger partial charge in [-0.1, -0.05) is 0 Å². The number of carbonyl (C=O) groups excluding carboxylic acids is 2. The lowest BCUT2D eigenvalue weighted by molar-refractivity contribution is -0.133. The lowest BCUT2D eigenvalue weighted by Gasteiger charge is -2.18. The van der Waals surface area contributed by atoms with Gasteiger partial charge < -0.3 is 29.9 Å². The number of benzene rings is 1. The Morgan fingerprint density at radius 2 is 0.731 bits per heavy atom. The predicted octanol–water partition coefficient (Wildman–Crippen LogP) is 0.330. The Bertz CT molecular complexity index is 739. The minimum absolute atomic E-state index is 0.748. The molecular weight excluding hydrogens is 360 g/mol. The van der Waals surface area contributed by atoms with Gasteiger partial charge in [0.05, 0.1) is 0 Å². The maximum absolute atomic E-state index is 11.5. The van der Waals surface area contributed by atoms with E-state index in [-0.39, 0.29) is 0 Å². The van der Waals surface area contributed by atoms with Crippen LogP contribution >= 0.6 is 0 Å². The van der Waals surface area contributed by atoms with Gasteiger partial charge in [0.15, 0.2) is 11.5 Å². The summed E-state index contributed by atoms with van der Waals surface area (Å²) in [6, 6.07) is 0.